The zero-order valence-corrected chi connectivity index (χ0v) is 9.14. The van der Waals surface area contributed by atoms with E-state index in [1.807, 2.05) is 30.1 Å². The number of carbonyl (C=O) groups excluding carboxylic acids is 1. The van der Waals surface area contributed by atoms with Crippen LogP contribution in [-0.4, -0.2) is 36.1 Å². The van der Waals surface area contributed by atoms with Crippen LogP contribution in [-0.2, 0) is 16.1 Å². The van der Waals surface area contributed by atoms with Crippen LogP contribution in [0, 0.1) is 0 Å². The Morgan fingerprint density at radius 2 is 2.33 bits per heavy atom. The first-order valence-electron chi connectivity index (χ1n) is 4.96. The average molecular weight is 208 g/mol. The average Bonchev–Trinajstić information content (AvgIpc) is 2.19. The molecule has 0 saturated carbocycles. The number of ether oxygens (including phenoxy) is 1. The van der Waals surface area contributed by atoms with Gasteiger partial charge in [0.15, 0.2) is 0 Å². The summed E-state index contributed by atoms with van der Waals surface area (Å²) in [6.45, 7) is 3.18. The molecule has 1 heterocycles. The number of aromatic nitrogens is 1. The second-order valence-electron chi connectivity index (χ2n) is 3.30. The van der Waals surface area contributed by atoms with Crippen LogP contribution in [0.4, 0.5) is 0 Å². The molecule has 0 radical (unpaired) electrons. The second kappa shape index (κ2) is 6.14. The molecular formula is C11H16N2O2. The Morgan fingerprint density at radius 3 is 2.93 bits per heavy atom. The van der Waals surface area contributed by atoms with Crippen LogP contribution in [0.2, 0.25) is 0 Å². The highest BCUT2D eigenvalue weighted by molar-refractivity contribution is 5.71. The molecule has 0 aromatic carbocycles. The van der Waals surface area contributed by atoms with E-state index in [-0.39, 0.29) is 5.97 Å². The van der Waals surface area contributed by atoms with E-state index < -0.39 is 0 Å². The number of rotatable bonds is 5. The molecule has 1 rings (SSSR count). The lowest BCUT2D eigenvalue weighted by Crippen LogP contribution is -2.27. The van der Waals surface area contributed by atoms with Crippen molar-refractivity contribution in [2.75, 3.05) is 20.2 Å². The molecule has 0 spiro atoms. The molecule has 0 bridgehead atoms. The summed E-state index contributed by atoms with van der Waals surface area (Å²) in [5.74, 6) is -0.198. The van der Waals surface area contributed by atoms with E-state index in [0.717, 1.165) is 5.69 Å². The number of nitrogens with zero attached hydrogens (tertiary/aromatic N) is 2. The second-order valence-corrected chi connectivity index (χ2v) is 3.30. The summed E-state index contributed by atoms with van der Waals surface area (Å²) >= 11 is 0. The Labute approximate surface area is 89.9 Å². The molecule has 0 amide bonds. The van der Waals surface area contributed by atoms with Crippen LogP contribution in [0.1, 0.15) is 12.6 Å². The van der Waals surface area contributed by atoms with E-state index in [1.54, 1.807) is 13.1 Å². The molecule has 0 aliphatic carbocycles. The molecule has 4 heteroatoms. The molecule has 0 unspecified atom stereocenters. The monoisotopic (exact) mass is 208 g/mol. The molecule has 1 aromatic heterocycles. The number of pyridine rings is 1. The fourth-order valence-corrected chi connectivity index (χ4v) is 1.25. The van der Waals surface area contributed by atoms with Crippen molar-refractivity contribution in [3.8, 4) is 0 Å². The minimum Gasteiger partial charge on any atom is -0.465 e. The molecule has 0 atom stereocenters. The summed E-state index contributed by atoms with van der Waals surface area (Å²) in [5.41, 5.74) is 0.948. The smallest absolute Gasteiger partial charge is 0.320 e. The van der Waals surface area contributed by atoms with Gasteiger partial charge in [-0.05, 0) is 26.1 Å². The fourth-order valence-electron chi connectivity index (χ4n) is 1.25. The van der Waals surface area contributed by atoms with E-state index in [1.165, 1.54) is 0 Å². The van der Waals surface area contributed by atoms with Crippen LogP contribution in [0.3, 0.4) is 0 Å². The first-order chi connectivity index (χ1) is 7.22. The Bertz CT molecular complexity index is 301. The van der Waals surface area contributed by atoms with Gasteiger partial charge in [-0.2, -0.15) is 0 Å². The van der Waals surface area contributed by atoms with E-state index in [2.05, 4.69) is 4.98 Å². The van der Waals surface area contributed by atoms with Crippen molar-refractivity contribution in [1.29, 1.82) is 0 Å². The van der Waals surface area contributed by atoms with Gasteiger partial charge in [0.25, 0.3) is 0 Å². The van der Waals surface area contributed by atoms with Gasteiger partial charge in [-0.15, -0.1) is 0 Å². The Morgan fingerprint density at radius 1 is 1.53 bits per heavy atom. The maximum absolute atomic E-state index is 11.2. The third-order valence-corrected chi connectivity index (χ3v) is 1.86. The standard InChI is InChI=1S/C11H16N2O2/c1-3-15-11(14)9-13(2)8-10-6-4-5-7-12-10/h4-7H,3,8-9H2,1-2H3. The van der Waals surface area contributed by atoms with Crippen molar-refractivity contribution in [3.05, 3.63) is 30.1 Å². The zero-order chi connectivity index (χ0) is 11.1. The maximum atomic E-state index is 11.2. The molecule has 1 aromatic rings. The molecular weight excluding hydrogens is 192 g/mol. The van der Waals surface area contributed by atoms with E-state index >= 15 is 0 Å². The number of likely N-dealkylation sites (N-methyl/N-ethyl adjacent to an activating group) is 1. The predicted octanol–water partition coefficient (Wildman–Crippen LogP) is 1.08. The summed E-state index contributed by atoms with van der Waals surface area (Å²) in [5, 5.41) is 0. The van der Waals surface area contributed by atoms with Gasteiger partial charge < -0.3 is 4.74 Å². The van der Waals surface area contributed by atoms with E-state index in [0.29, 0.717) is 19.7 Å². The number of hydrogen-bond donors (Lipinski definition) is 0. The van der Waals surface area contributed by atoms with Crippen molar-refractivity contribution in [3.63, 3.8) is 0 Å². The van der Waals surface area contributed by atoms with Crippen molar-refractivity contribution in [2.24, 2.45) is 0 Å². The molecule has 0 N–H and O–H groups in total. The van der Waals surface area contributed by atoms with E-state index in [4.69, 9.17) is 4.74 Å². The summed E-state index contributed by atoms with van der Waals surface area (Å²) in [6.07, 6.45) is 1.74. The van der Waals surface area contributed by atoms with Gasteiger partial charge in [0.2, 0.25) is 0 Å². The van der Waals surface area contributed by atoms with Crippen LogP contribution in [0.25, 0.3) is 0 Å². The summed E-state index contributed by atoms with van der Waals surface area (Å²) in [4.78, 5) is 17.2. The van der Waals surface area contributed by atoms with Gasteiger partial charge in [-0.25, -0.2) is 0 Å². The summed E-state index contributed by atoms with van der Waals surface area (Å²) in [6, 6.07) is 5.73. The van der Waals surface area contributed by atoms with Crippen LogP contribution >= 0.6 is 0 Å². The Balaban J connectivity index is 2.36. The zero-order valence-electron chi connectivity index (χ0n) is 9.14. The number of hydrogen-bond acceptors (Lipinski definition) is 4. The Hall–Kier alpha value is -1.42. The third kappa shape index (κ3) is 4.56. The molecule has 4 nitrogen and oxygen atoms in total. The van der Waals surface area contributed by atoms with Gasteiger partial charge in [-0.3, -0.25) is 14.7 Å². The summed E-state index contributed by atoms with van der Waals surface area (Å²) < 4.78 is 4.85. The first kappa shape index (κ1) is 11.7. The van der Waals surface area contributed by atoms with Crippen LogP contribution in [0.15, 0.2) is 24.4 Å². The quantitative estimate of drug-likeness (QED) is 0.679. The number of carbonyl (C=O) groups is 1. The lowest BCUT2D eigenvalue weighted by Gasteiger charge is -2.14. The van der Waals surface area contributed by atoms with Crippen molar-refractivity contribution in [2.45, 2.75) is 13.5 Å². The highest BCUT2D eigenvalue weighted by Gasteiger charge is 2.07. The van der Waals surface area contributed by atoms with Gasteiger partial charge in [0.1, 0.15) is 0 Å². The Kier molecular flexibility index (Phi) is 4.77. The van der Waals surface area contributed by atoms with Crippen LogP contribution in [0.5, 0.6) is 0 Å². The molecule has 15 heavy (non-hydrogen) atoms. The first-order valence-corrected chi connectivity index (χ1v) is 4.96. The SMILES string of the molecule is CCOC(=O)CN(C)Cc1ccccn1. The highest BCUT2D eigenvalue weighted by atomic mass is 16.5. The predicted molar refractivity (Wildman–Crippen MR) is 57.2 cm³/mol. The van der Waals surface area contributed by atoms with Gasteiger partial charge in [-0.1, -0.05) is 6.07 Å². The maximum Gasteiger partial charge on any atom is 0.320 e. The van der Waals surface area contributed by atoms with Crippen molar-refractivity contribution in [1.82, 2.24) is 9.88 Å². The lowest BCUT2D eigenvalue weighted by molar-refractivity contribution is -0.144. The number of esters is 1. The minimum absolute atomic E-state index is 0.198. The van der Waals surface area contributed by atoms with Crippen molar-refractivity contribution >= 4 is 5.97 Å². The van der Waals surface area contributed by atoms with Crippen molar-refractivity contribution < 1.29 is 9.53 Å². The fraction of sp³-hybridized carbons (Fsp3) is 0.455. The molecule has 0 saturated heterocycles. The van der Waals surface area contributed by atoms with Gasteiger partial charge in [0.05, 0.1) is 18.8 Å². The third-order valence-electron chi connectivity index (χ3n) is 1.86. The largest absolute Gasteiger partial charge is 0.465 e. The topological polar surface area (TPSA) is 42.4 Å². The molecule has 82 valence electrons. The molecule has 0 fully saturated rings. The minimum atomic E-state index is -0.198. The van der Waals surface area contributed by atoms with Gasteiger partial charge >= 0.3 is 5.97 Å². The highest BCUT2D eigenvalue weighted by Crippen LogP contribution is 1.98. The van der Waals surface area contributed by atoms with Crippen LogP contribution < -0.4 is 0 Å². The normalized spacial score (nSPS) is 10.3. The van der Waals surface area contributed by atoms with E-state index in [9.17, 15) is 4.79 Å². The summed E-state index contributed by atoms with van der Waals surface area (Å²) in [7, 11) is 1.87. The lowest BCUT2D eigenvalue weighted by atomic mass is 10.3. The molecule has 0 aliphatic heterocycles. The van der Waals surface area contributed by atoms with Gasteiger partial charge in [0, 0.05) is 12.7 Å². The molecule has 0 aliphatic rings.